The van der Waals surface area contributed by atoms with E-state index in [1.54, 1.807) is 0 Å². The highest BCUT2D eigenvalue weighted by atomic mass is 79.9. The summed E-state index contributed by atoms with van der Waals surface area (Å²) in [4.78, 5) is 3.63. The SMILES string of the molecule is Br.C#CCSC(N)=N/C=N\N. The maximum atomic E-state index is 5.32. The van der Waals surface area contributed by atoms with Crippen molar-refractivity contribution in [3.8, 4) is 12.3 Å². The van der Waals surface area contributed by atoms with E-state index in [0.717, 1.165) is 0 Å². The van der Waals surface area contributed by atoms with Gasteiger partial charge in [0.2, 0.25) is 0 Å². The van der Waals surface area contributed by atoms with Crippen LogP contribution >= 0.6 is 28.7 Å². The third-order valence-corrected chi connectivity index (χ3v) is 1.27. The molecule has 0 fully saturated rings. The molecule has 62 valence electrons. The number of nitrogens with two attached hydrogens (primary N) is 2. The van der Waals surface area contributed by atoms with Crippen molar-refractivity contribution in [2.24, 2.45) is 21.7 Å². The van der Waals surface area contributed by atoms with Crippen LogP contribution in [-0.2, 0) is 0 Å². The van der Waals surface area contributed by atoms with Crippen LogP contribution in [-0.4, -0.2) is 17.3 Å². The van der Waals surface area contributed by atoms with Gasteiger partial charge in [0, 0.05) is 0 Å². The van der Waals surface area contributed by atoms with E-state index >= 15 is 0 Å². The number of amidine groups is 1. The summed E-state index contributed by atoms with van der Waals surface area (Å²) in [6.07, 6.45) is 6.13. The summed E-state index contributed by atoms with van der Waals surface area (Å²) in [5.74, 6) is 7.67. The topological polar surface area (TPSA) is 76.8 Å². The van der Waals surface area contributed by atoms with Crippen molar-refractivity contribution in [2.45, 2.75) is 0 Å². The van der Waals surface area contributed by atoms with Crippen LogP contribution in [0.4, 0.5) is 0 Å². The van der Waals surface area contributed by atoms with Gasteiger partial charge in [0.15, 0.2) is 5.17 Å². The smallest absolute Gasteiger partial charge is 0.161 e. The number of thioether (sulfide) groups is 1. The summed E-state index contributed by atoms with van der Waals surface area (Å²) in [5.41, 5.74) is 5.32. The molecule has 0 radical (unpaired) electrons. The van der Waals surface area contributed by atoms with Gasteiger partial charge in [0.1, 0.15) is 6.34 Å². The molecule has 0 aliphatic carbocycles. The zero-order chi connectivity index (χ0) is 7.82. The van der Waals surface area contributed by atoms with Crippen LogP contribution in [0.3, 0.4) is 0 Å². The van der Waals surface area contributed by atoms with Gasteiger partial charge >= 0.3 is 0 Å². The standard InChI is InChI=1S/C5H8N4S.BrH/c1-2-3-10-5(6)8-4-9-7;/h1,4H,3,7H2,(H2,6,8,9);1H. The summed E-state index contributed by atoms with van der Waals surface area (Å²) in [5, 5.41) is 3.49. The van der Waals surface area contributed by atoms with Crippen LogP contribution in [0.1, 0.15) is 0 Å². The summed E-state index contributed by atoms with van der Waals surface area (Å²) in [6.45, 7) is 0. The Morgan fingerprint density at radius 2 is 2.36 bits per heavy atom. The molecular weight excluding hydrogens is 228 g/mol. The zero-order valence-corrected chi connectivity index (χ0v) is 8.26. The molecule has 0 saturated carbocycles. The first-order valence-electron chi connectivity index (χ1n) is 2.42. The number of terminal acetylenes is 1. The van der Waals surface area contributed by atoms with Crippen molar-refractivity contribution in [1.29, 1.82) is 0 Å². The van der Waals surface area contributed by atoms with Gasteiger partial charge in [0.05, 0.1) is 5.75 Å². The number of hydrogen-bond donors (Lipinski definition) is 2. The molecular formula is C5H9BrN4S. The second-order valence-electron chi connectivity index (χ2n) is 1.22. The Morgan fingerprint density at radius 1 is 1.73 bits per heavy atom. The lowest BCUT2D eigenvalue weighted by atomic mass is 10.8. The molecule has 0 aromatic carbocycles. The molecule has 0 aliphatic heterocycles. The molecule has 0 aromatic rings. The number of hydrogen-bond acceptors (Lipinski definition) is 3. The molecule has 0 unspecified atom stereocenters. The van der Waals surface area contributed by atoms with Crippen LogP contribution in [0.2, 0.25) is 0 Å². The number of hydrazone groups is 1. The van der Waals surface area contributed by atoms with Crippen molar-refractivity contribution < 1.29 is 0 Å². The Morgan fingerprint density at radius 3 is 2.82 bits per heavy atom. The quantitative estimate of drug-likeness (QED) is 0.236. The highest BCUT2D eigenvalue weighted by molar-refractivity contribution is 8.93. The Balaban J connectivity index is 0. The van der Waals surface area contributed by atoms with Crippen LogP contribution in [0.5, 0.6) is 0 Å². The summed E-state index contributed by atoms with van der Waals surface area (Å²) in [6, 6.07) is 0. The molecule has 11 heavy (non-hydrogen) atoms. The first kappa shape index (κ1) is 13.0. The van der Waals surface area contributed by atoms with E-state index in [2.05, 4.69) is 16.0 Å². The molecule has 0 atom stereocenters. The van der Waals surface area contributed by atoms with E-state index in [-0.39, 0.29) is 17.0 Å². The average Bonchev–Trinajstić information content (AvgIpc) is 1.97. The van der Waals surface area contributed by atoms with Crippen LogP contribution in [0, 0.1) is 12.3 Å². The molecule has 0 spiro atoms. The highest BCUT2D eigenvalue weighted by Gasteiger charge is 1.86. The van der Waals surface area contributed by atoms with Crippen molar-refractivity contribution in [1.82, 2.24) is 0 Å². The van der Waals surface area contributed by atoms with Crippen LogP contribution < -0.4 is 11.6 Å². The van der Waals surface area contributed by atoms with E-state index in [1.165, 1.54) is 18.1 Å². The zero-order valence-electron chi connectivity index (χ0n) is 5.73. The lowest BCUT2D eigenvalue weighted by Gasteiger charge is -1.90. The minimum absolute atomic E-state index is 0. The van der Waals surface area contributed by atoms with Gasteiger partial charge in [-0.2, -0.15) is 5.10 Å². The average molecular weight is 237 g/mol. The van der Waals surface area contributed by atoms with E-state index in [1.807, 2.05) is 0 Å². The van der Waals surface area contributed by atoms with Gasteiger partial charge < -0.3 is 11.6 Å². The summed E-state index contributed by atoms with van der Waals surface area (Å²) < 4.78 is 0. The molecule has 0 heterocycles. The predicted molar refractivity (Wildman–Crippen MR) is 55.9 cm³/mol. The fourth-order valence-electron chi connectivity index (χ4n) is 0.243. The Kier molecular flexibility index (Phi) is 11.0. The maximum absolute atomic E-state index is 5.32. The molecule has 0 aromatic heterocycles. The number of aliphatic imine (C=N–C) groups is 1. The Hall–Kier alpha value is -0.670. The van der Waals surface area contributed by atoms with Crippen molar-refractivity contribution >= 4 is 40.2 Å². The van der Waals surface area contributed by atoms with Crippen molar-refractivity contribution in [3.05, 3.63) is 0 Å². The minimum atomic E-state index is 0. The summed E-state index contributed by atoms with van der Waals surface area (Å²) >= 11 is 1.26. The van der Waals surface area contributed by atoms with Gasteiger partial charge in [-0.25, -0.2) is 4.99 Å². The molecule has 6 heteroatoms. The lowest BCUT2D eigenvalue weighted by molar-refractivity contribution is 1.25. The number of halogens is 1. The van der Waals surface area contributed by atoms with E-state index < -0.39 is 0 Å². The fraction of sp³-hybridized carbons (Fsp3) is 0.200. The molecule has 4 nitrogen and oxygen atoms in total. The highest BCUT2D eigenvalue weighted by Crippen LogP contribution is 1.95. The second-order valence-corrected chi connectivity index (χ2v) is 2.22. The van der Waals surface area contributed by atoms with Gasteiger partial charge in [-0.15, -0.1) is 23.4 Å². The first-order valence-corrected chi connectivity index (χ1v) is 3.41. The third-order valence-electron chi connectivity index (χ3n) is 0.555. The van der Waals surface area contributed by atoms with Crippen LogP contribution in [0.15, 0.2) is 10.1 Å². The van der Waals surface area contributed by atoms with E-state index in [9.17, 15) is 0 Å². The molecule has 0 aliphatic rings. The molecule has 0 saturated heterocycles. The van der Waals surface area contributed by atoms with Gasteiger partial charge in [0.25, 0.3) is 0 Å². The molecule has 0 amide bonds. The number of rotatable bonds is 2. The molecule has 4 N–H and O–H groups in total. The summed E-state index contributed by atoms with van der Waals surface area (Å²) in [7, 11) is 0. The first-order chi connectivity index (χ1) is 4.81. The second kappa shape index (κ2) is 9.33. The Bertz CT molecular complexity index is 183. The predicted octanol–water partition coefficient (Wildman–Crippen LogP) is 0.147. The molecule has 0 rings (SSSR count). The van der Waals surface area contributed by atoms with Crippen molar-refractivity contribution in [2.75, 3.05) is 5.75 Å². The van der Waals surface area contributed by atoms with E-state index in [0.29, 0.717) is 10.9 Å². The van der Waals surface area contributed by atoms with Crippen LogP contribution in [0.25, 0.3) is 0 Å². The van der Waals surface area contributed by atoms with Gasteiger partial charge in [-0.3, -0.25) is 0 Å². The fourth-order valence-corrected chi connectivity index (χ4v) is 0.596. The van der Waals surface area contributed by atoms with E-state index in [4.69, 9.17) is 18.0 Å². The Labute approximate surface area is 80.3 Å². The minimum Gasteiger partial charge on any atom is -0.378 e. The lowest BCUT2D eigenvalue weighted by Crippen LogP contribution is -2.07. The normalized spacial score (nSPS) is 10.6. The third kappa shape index (κ3) is 9.33. The van der Waals surface area contributed by atoms with Gasteiger partial charge in [-0.1, -0.05) is 17.7 Å². The maximum Gasteiger partial charge on any atom is 0.161 e. The monoisotopic (exact) mass is 236 g/mol. The molecule has 0 bridgehead atoms. The van der Waals surface area contributed by atoms with Crippen molar-refractivity contribution in [3.63, 3.8) is 0 Å². The van der Waals surface area contributed by atoms with Gasteiger partial charge in [-0.05, 0) is 0 Å². The number of nitrogens with zero attached hydrogens (tertiary/aromatic N) is 2. The largest absolute Gasteiger partial charge is 0.378 e.